The summed E-state index contributed by atoms with van der Waals surface area (Å²) in [5, 5.41) is 6.43. The van der Waals surface area contributed by atoms with Crippen LogP contribution in [0.1, 0.15) is 13.0 Å². The number of fused-ring (bicyclic) bond motifs is 1. The van der Waals surface area contributed by atoms with Gasteiger partial charge in [-0.3, -0.25) is 4.99 Å². The lowest BCUT2D eigenvalue weighted by atomic mass is 10.1. The first-order valence-corrected chi connectivity index (χ1v) is 9.74. The number of methoxy groups -OCH3 is 1. The van der Waals surface area contributed by atoms with Gasteiger partial charge < -0.3 is 15.0 Å². The zero-order valence-corrected chi connectivity index (χ0v) is 16.0. The summed E-state index contributed by atoms with van der Waals surface area (Å²) in [4.78, 5) is 17.8. The molecular formula is C22H21N5OS. The largest absolute Gasteiger partial charge is 0.495 e. The van der Waals surface area contributed by atoms with Gasteiger partial charge in [-0.05, 0) is 41.3 Å². The molecule has 1 aliphatic heterocycles. The summed E-state index contributed by atoms with van der Waals surface area (Å²) in [7, 11) is 1.67. The molecule has 29 heavy (non-hydrogen) atoms. The second-order valence-corrected chi connectivity index (χ2v) is 7.24. The highest BCUT2D eigenvalue weighted by molar-refractivity contribution is 7.13. The first-order chi connectivity index (χ1) is 13.8. The Bertz CT molecular complexity index is 1210. The van der Waals surface area contributed by atoms with Gasteiger partial charge in [-0.2, -0.15) is 0 Å². The molecule has 0 bridgehead atoms. The molecule has 0 unspecified atom stereocenters. The van der Waals surface area contributed by atoms with Crippen LogP contribution < -0.4 is 10.1 Å². The van der Waals surface area contributed by atoms with Crippen LogP contribution in [0.2, 0.25) is 0 Å². The number of H-pyrrole nitrogens is 1. The van der Waals surface area contributed by atoms with E-state index < -0.39 is 0 Å². The minimum Gasteiger partial charge on any atom is -0.495 e. The number of benzene rings is 1. The fourth-order valence-corrected chi connectivity index (χ4v) is 4.06. The monoisotopic (exact) mass is 403 g/mol. The van der Waals surface area contributed by atoms with Crippen LogP contribution in [0.15, 0.2) is 65.4 Å². The fraction of sp³-hybridized carbons (Fsp3) is 0.136. The number of nitrogens with zero attached hydrogens (tertiary/aromatic N) is 3. The van der Waals surface area contributed by atoms with Crippen molar-refractivity contribution in [1.29, 1.82) is 0 Å². The van der Waals surface area contributed by atoms with E-state index in [1.807, 2.05) is 30.5 Å². The van der Waals surface area contributed by atoms with Gasteiger partial charge in [-0.15, -0.1) is 11.3 Å². The molecule has 5 rings (SSSR count). The molecule has 0 saturated heterocycles. The van der Waals surface area contributed by atoms with Crippen LogP contribution in [0.5, 0.6) is 5.75 Å². The molecule has 4 heterocycles. The van der Waals surface area contributed by atoms with Crippen molar-refractivity contribution in [3.8, 4) is 16.2 Å². The number of nitrogens with one attached hydrogen (secondary N) is 2. The lowest BCUT2D eigenvalue weighted by Gasteiger charge is -2.13. The number of aromatic nitrogens is 3. The molecule has 0 amide bonds. The molecule has 1 aliphatic rings. The first kappa shape index (κ1) is 18.9. The molecule has 3 aromatic heterocycles. The summed E-state index contributed by atoms with van der Waals surface area (Å²) in [6.07, 6.45) is 7.54. The number of allylic oxidation sites excluding steroid dienone is 1. The lowest BCUT2D eigenvalue weighted by molar-refractivity contribution is 0.417. The number of ether oxygens (including phenoxy) is 1. The molecule has 1 aromatic carbocycles. The Morgan fingerprint density at radius 3 is 2.90 bits per heavy atom. The predicted molar refractivity (Wildman–Crippen MR) is 121 cm³/mol. The predicted octanol–water partition coefficient (Wildman–Crippen LogP) is 5.43. The van der Waals surface area contributed by atoms with Crippen LogP contribution in [0, 0.1) is 0 Å². The highest BCUT2D eigenvalue weighted by Gasteiger charge is 2.17. The molecule has 0 fully saturated rings. The molecule has 0 aliphatic carbocycles. The average molecular weight is 404 g/mol. The Balaban J connectivity index is 0.00000205. The van der Waals surface area contributed by atoms with Crippen LogP contribution in [0.3, 0.4) is 0 Å². The normalized spacial score (nSPS) is 12.7. The summed E-state index contributed by atoms with van der Waals surface area (Å²) >= 11 is 1.71. The van der Waals surface area contributed by atoms with Crippen molar-refractivity contribution in [3.05, 3.63) is 66.0 Å². The van der Waals surface area contributed by atoms with E-state index in [1.165, 1.54) is 4.88 Å². The third kappa shape index (κ3) is 3.40. The van der Waals surface area contributed by atoms with E-state index in [2.05, 4.69) is 48.8 Å². The SMILES string of the molecule is C.COc1ccc(-c2cccs2)cc1Nc1ncnc2[nH]cc(C3=NCC=C3)c12. The summed E-state index contributed by atoms with van der Waals surface area (Å²) < 4.78 is 5.57. The van der Waals surface area contributed by atoms with Gasteiger partial charge in [0.2, 0.25) is 0 Å². The van der Waals surface area contributed by atoms with E-state index in [0.29, 0.717) is 12.4 Å². The van der Waals surface area contributed by atoms with Crippen molar-refractivity contribution in [2.45, 2.75) is 7.43 Å². The number of rotatable bonds is 5. The topological polar surface area (TPSA) is 75.2 Å². The van der Waals surface area contributed by atoms with Crippen molar-refractivity contribution in [2.75, 3.05) is 19.0 Å². The standard InChI is InChI=1S/C21H17N5OS.CH4/c1-27-17-7-6-13(18-5-3-9-28-18)10-16(17)26-21-19-14(15-4-2-8-22-15)11-23-20(19)24-12-25-21;/h2-7,9-12H,8H2,1H3,(H2,23,24,25,26);1H4. The van der Waals surface area contributed by atoms with Gasteiger partial charge in [0.25, 0.3) is 0 Å². The first-order valence-electron chi connectivity index (χ1n) is 8.86. The molecule has 2 N–H and O–H groups in total. The maximum Gasteiger partial charge on any atom is 0.144 e. The number of anilines is 2. The number of hydrogen-bond acceptors (Lipinski definition) is 6. The third-order valence-electron chi connectivity index (χ3n) is 4.65. The summed E-state index contributed by atoms with van der Waals surface area (Å²) in [6, 6.07) is 10.3. The minimum absolute atomic E-state index is 0. The number of thiophene rings is 1. The zero-order valence-electron chi connectivity index (χ0n) is 15.1. The van der Waals surface area contributed by atoms with Gasteiger partial charge in [0.1, 0.15) is 23.5 Å². The molecule has 146 valence electrons. The van der Waals surface area contributed by atoms with Crippen LogP contribution in [0.25, 0.3) is 21.5 Å². The van der Waals surface area contributed by atoms with E-state index in [1.54, 1.807) is 24.8 Å². The number of aromatic amines is 1. The highest BCUT2D eigenvalue weighted by Crippen LogP contribution is 2.36. The van der Waals surface area contributed by atoms with E-state index in [-0.39, 0.29) is 7.43 Å². The van der Waals surface area contributed by atoms with E-state index >= 15 is 0 Å². The van der Waals surface area contributed by atoms with E-state index in [0.717, 1.165) is 39.3 Å². The summed E-state index contributed by atoms with van der Waals surface area (Å²) in [5.74, 6) is 1.47. The van der Waals surface area contributed by atoms with Crippen molar-refractivity contribution in [2.24, 2.45) is 4.99 Å². The van der Waals surface area contributed by atoms with Crippen molar-refractivity contribution in [3.63, 3.8) is 0 Å². The summed E-state index contributed by atoms with van der Waals surface area (Å²) in [5.41, 5.74) is 4.66. The van der Waals surface area contributed by atoms with Gasteiger partial charge in [-0.25, -0.2) is 9.97 Å². The Kier molecular flexibility index (Phi) is 5.14. The Morgan fingerprint density at radius 2 is 2.14 bits per heavy atom. The average Bonchev–Trinajstić information content (AvgIpc) is 3.49. The maximum absolute atomic E-state index is 5.57. The third-order valence-corrected chi connectivity index (χ3v) is 5.57. The molecule has 7 heteroatoms. The molecule has 0 radical (unpaired) electrons. The molecular weight excluding hydrogens is 382 g/mol. The molecule has 4 aromatic rings. The fourth-order valence-electron chi connectivity index (χ4n) is 3.33. The number of aliphatic imine (C=N–C) groups is 1. The Morgan fingerprint density at radius 1 is 1.21 bits per heavy atom. The second kappa shape index (κ2) is 7.89. The van der Waals surface area contributed by atoms with Crippen LogP contribution in [0.4, 0.5) is 11.5 Å². The smallest absolute Gasteiger partial charge is 0.144 e. The summed E-state index contributed by atoms with van der Waals surface area (Å²) in [6.45, 7) is 0.704. The Hall–Kier alpha value is -3.45. The van der Waals surface area contributed by atoms with Crippen LogP contribution >= 0.6 is 11.3 Å². The van der Waals surface area contributed by atoms with Crippen molar-refractivity contribution in [1.82, 2.24) is 15.0 Å². The van der Waals surface area contributed by atoms with E-state index in [4.69, 9.17) is 4.74 Å². The molecule has 0 saturated carbocycles. The minimum atomic E-state index is 0. The van der Waals surface area contributed by atoms with Gasteiger partial charge in [-0.1, -0.05) is 19.6 Å². The van der Waals surface area contributed by atoms with Crippen LogP contribution in [-0.4, -0.2) is 34.3 Å². The zero-order chi connectivity index (χ0) is 18.9. The molecule has 6 nitrogen and oxygen atoms in total. The molecule has 0 spiro atoms. The van der Waals surface area contributed by atoms with Gasteiger partial charge in [0, 0.05) is 16.6 Å². The highest BCUT2D eigenvalue weighted by atomic mass is 32.1. The van der Waals surface area contributed by atoms with E-state index in [9.17, 15) is 0 Å². The van der Waals surface area contributed by atoms with Crippen molar-refractivity contribution < 1.29 is 4.74 Å². The lowest BCUT2D eigenvalue weighted by Crippen LogP contribution is -2.01. The second-order valence-electron chi connectivity index (χ2n) is 6.29. The van der Waals surface area contributed by atoms with Crippen molar-refractivity contribution >= 4 is 39.6 Å². The van der Waals surface area contributed by atoms with Gasteiger partial charge in [0.05, 0.1) is 30.4 Å². The molecule has 0 atom stereocenters. The number of hydrogen-bond donors (Lipinski definition) is 2. The quantitative estimate of drug-likeness (QED) is 0.466. The maximum atomic E-state index is 5.57. The van der Waals surface area contributed by atoms with Gasteiger partial charge in [0.15, 0.2) is 0 Å². The van der Waals surface area contributed by atoms with Gasteiger partial charge >= 0.3 is 0 Å². The Labute approximate surface area is 173 Å². The van der Waals surface area contributed by atoms with Crippen LogP contribution in [-0.2, 0) is 0 Å².